The van der Waals surface area contributed by atoms with E-state index in [1.165, 1.54) is 0 Å². The molecule has 2 N–H and O–H groups in total. The molecule has 0 rings (SSSR count). The molecule has 2 atom stereocenters. The van der Waals surface area contributed by atoms with Gasteiger partial charge in [0.15, 0.2) is 0 Å². The Kier molecular flexibility index (Phi) is 5.51. The largest absolute Gasteiger partial charge is 0.392 e. The van der Waals surface area contributed by atoms with E-state index in [0.717, 1.165) is 13.0 Å². The molecule has 0 aromatic rings. The maximum absolute atomic E-state index is 9.56. The van der Waals surface area contributed by atoms with Crippen LogP contribution in [0.15, 0.2) is 0 Å². The third-order valence-electron chi connectivity index (χ3n) is 1.82. The van der Waals surface area contributed by atoms with Crippen LogP contribution in [0.4, 0.5) is 0 Å². The Balaban J connectivity index is 3.54. The Bertz CT molecular complexity index is 93.6. The molecular weight excluding hydrogens is 138 g/mol. The first-order chi connectivity index (χ1) is 5.07. The minimum absolute atomic E-state index is 0.199. The van der Waals surface area contributed by atoms with Crippen LogP contribution in [0.1, 0.15) is 34.1 Å². The number of likely N-dealkylation sites (N-methyl/N-ethyl adjacent to an activating group) is 1. The molecule has 0 heterocycles. The SMILES string of the molecule is CCNC(C)C(O)CC(C)C. The van der Waals surface area contributed by atoms with Gasteiger partial charge in [0.05, 0.1) is 6.10 Å². The van der Waals surface area contributed by atoms with Crippen LogP contribution in [0.25, 0.3) is 0 Å². The van der Waals surface area contributed by atoms with Gasteiger partial charge in [-0.05, 0) is 25.8 Å². The summed E-state index contributed by atoms with van der Waals surface area (Å²) < 4.78 is 0. The summed E-state index contributed by atoms with van der Waals surface area (Å²) in [5, 5.41) is 12.8. The standard InChI is InChI=1S/C9H21NO/c1-5-10-8(4)9(11)6-7(2)3/h7-11H,5-6H2,1-4H3. The summed E-state index contributed by atoms with van der Waals surface area (Å²) in [4.78, 5) is 0. The molecule has 0 aliphatic carbocycles. The maximum Gasteiger partial charge on any atom is 0.0692 e. The molecular formula is C9H21NO. The summed E-state index contributed by atoms with van der Waals surface area (Å²) in [6.07, 6.45) is 0.684. The van der Waals surface area contributed by atoms with Crippen LogP contribution in [0.2, 0.25) is 0 Å². The molecule has 2 heteroatoms. The lowest BCUT2D eigenvalue weighted by Crippen LogP contribution is -2.37. The predicted molar refractivity (Wildman–Crippen MR) is 48.6 cm³/mol. The minimum Gasteiger partial charge on any atom is -0.392 e. The molecule has 0 aromatic heterocycles. The molecule has 0 radical (unpaired) electrons. The van der Waals surface area contributed by atoms with Gasteiger partial charge in [0.25, 0.3) is 0 Å². The zero-order valence-corrected chi connectivity index (χ0v) is 8.09. The van der Waals surface area contributed by atoms with E-state index in [-0.39, 0.29) is 12.1 Å². The molecule has 68 valence electrons. The number of hydrogen-bond donors (Lipinski definition) is 2. The number of nitrogens with one attached hydrogen (secondary N) is 1. The monoisotopic (exact) mass is 159 g/mol. The quantitative estimate of drug-likeness (QED) is 0.635. The van der Waals surface area contributed by atoms with E-state index in [1.807, 2.05) is 6.92 Å². The normalized spacial score (nSPS) is 16.9. The predicted octanol–water partition coefficient (Wildman–Crippen LogP) is 1.39. The first-order valence-corrected chi connectivity index (χ1v) is 4.49. The summed E-state index contributed by atoms with van der Waals surface area (Å²) in [6, 6.07) is 0.224. The highest BCUT2D eigenvalue weighted by Gasteiger charge is 2.13. The average Bonchev–Trinajstić information content (AvgIpc) is 1.86. The van der Waals surface area contributed by atoms with E-state index in [0.29, 0.717) is 5.92 Å². The van der Waals surface area contributed by atoms with Crippen molar-refractivity contribution in [3.63, 3.8) is 0 Å². The molecule has 2 unspecified atom stereocenters. The first kappa shape index (κ1) is 10.9. The van der Waals surface area contributed by atoms with Crippen LogP contribution < -0.4 is 5.32 Å². The van der Waals surface area contributed by atoms with Crippen LogP contribution in [-0.2, 0) is 0 Å². The second-order valence-corrected chi connectivity index (χ2v) is 3.54. The number of aliphatic hydroxyl groups excluding tert-OH is 1. The summed E-state index contributed by atoms with van der Waals surface area (Å²) in [5.41, 5.74) is 0. The molecule has 11 heavy (non-hydrogen) atoms. The van der Waals surface area contributed by atoms with Crippen molar-refractivity contribution in [2.75, 3.05) is 6.54 Å². The fraction of sp³-hybridized carbons (Fsp3) is 1.00. The summed E-state index contributed by atoms with van der Waals surface area (Å²) in [6.45, 7) is 9.26. The fourth-order valence-corrected chi connectivity index (χ4v) is 1.15. The van der Waals surface area contributed by atoms with Gasteiger partial charge in [-0.25, -0.2) is 0 Å². The van der Waals surface area contributed by atoms with Gasteiger partial charge in [-0.15, -0.1) is 0 Å². The van der Waals surface area contributed by atoms with Crippen molar-refractivity contribution < 1.29 is 5.11 Å². The zero-order valence-electron chi connectivity index (χ0n) is 8.09. The highest BCUT2D eigenvalue weighted by molar-refractivity contribution is 4.71. The lowest BCUT2D eigenvalue weighted by Gasteiger charge is -2.20. The zero-order chi connectivity index (χ0) is 8.85. The smallest absolute Gasteiger partial charge is 0.0692 e. The molecule has 0 spiro atoms. The van der Waals surface area contributed by atoms with Crippen molar-refractivity contribution in [2.24, 2.45) is 5.92 Å². The van der Waals surface area contributed by atoms with Crippen molar-refractivity contribution >= 4 is 0 Å². The Hall–Kier alpha value is -0.0800. The van der Waals surface area contributed by atoms with Crippen molar-refractivity contribution in [1.29, 1.82) is 0 Å². The van der Waals surface area contributed by atoms with Gasteiger partial charge < -0.3 is 10.4 Å². The van der Waals surface area contributed by atoms with Crippen molar-refractivity contribution in [2.45, 2.75) is 46.3 Å². The summed E-state index contributed by atoms with van der Waals surface area (Å²) >= 11 is 0. The molecule has 0 bridgehead atoms. The Morgan fingerprint density at radius 3 is 2.18 bits per heavy atom. The van der Waals surface area contributed by atoms with Crippen molar-refractivity contribution in [3.05, 3.63) is 0 Å². The molecule has 0 aromatic carbocycles. The Morgan fingerprint density at radius 2 is 1.82 bits per heavy atom. The lowest BCUT2D eigenvalue weighted by molar-refractivity contribution is 0.113. The number of aliphatic hydroxyl groups is 1. The van der Waals surface area contributed by atoms with Gasteiger partial charge >= 0.3 is 0 Å². The van der Waals surface area contributed by atoms with Crippen LogP contribution in [-0.4, -0.2) is 23.8 Å². The summed E-state index contributed by atoms with van der Waals surface area (Å²) in [5.74, 6) is 0.575. The Morgan fingerprint density at radius 1 is 1.27 bits per heavy atom. The second-order valence-electron chi connectivity index (χ2n) is 3.54. The van der Waals surface area contributed by atoms with Crippen molar-refractivity contribution in [3.8, 4) is 0 Å². The highest BCUT2D eigenvalue weighted by Crippen LogP contribution is 2.07. The van der Waals surface area contributed by atoms with Crippen LogP contribution in [0, 0.1) is 5.92 Å². The van der Waals surface area contributed by atoms with Crippen LogP contribution in [0.5, 0.6) is 0 Å². The van der Waals surface area contributed by atoms with E-state index in [2.05, 4.69) is 26.1 Å². The number of rotatable bonds is 5. The van der Waals surface area contributed by atoms with Crippen LogP contribution in [0.3, 0.4) is 0 Å². The molecule has 0 saturated heterocycles. The first-order valence-electron chi connectivity index (χ1n) is 4.49. The van der Waals surface area contributed by atoms with Gasteiger partial charge in [0.1, 0.15) is 0 Å². The number of hydrogen-bond acceptors (Lipinski definition) is 2. The topological polar surface area (TPSA) is 32.3 Å². The van der Waals surface area contributed by atoms with E-state index in [1.54, 1.807) is 0 Å². The van der Waals surface area contributed by atoms with Crippen LogP contribution >= 0.6 is 0 Å². The Labute approximate surface area is 70.0 Å². The molecule has 0 fully saturated rings. The van der Waals surface area contributed by atoms with E-state index >= 15 is 0 Å². The maximum atomic E-state index is 9.56. The average molecular weight is 159 g/mol. The van der Waals surface area contributed by atoms with Gasteiger partial charge in [0.2, 0.25) is 0 Å². The van der Waals surface area contributed by atoms with Gasteiger partial charge in [-0.2, -0.15) is 0 Å². The highest BCUT2D eigenvalue weighted by atomic mass is 16.3. The van der Waals surface area contributed by atoms with Gasteiger partial charge in [-0.3, -0.25) is 0 Å². The lowest BCUT2D eigenvalue weighted by atomic mass is 10.0. The third kappa shape index (κ3) is 5.22. The van der Waals surface area contributed by atoms with E-state index in [4.69, 9.17) is 0 Å². The molecule has 0 amide bonds. The molecule has 0 saturated carbocycles. The fourth-order valence-electron chi connectivity index (χ4n) is 1.15. The second kappa shape index (κ2) is 5.56. The third-order valence-corrected chi connectivity index (χ3v) is 1.82. The van der Waals surface area contributed by atoms with E-state index in [9.17, 15) is 5.11 Å². The molecule has 0 aliphatic heterocycles. The van der Waals surface area contributed by atoms with Gasteiger partial charge in [-0.1, -0.05) is 20.8 Å². The molecule has 0 aliphatic rings. The van der Waals surface area contributed by atoms with E-state index < -0.39 is 0 Å². The summed E-state index contributed by atoms with van der Waals surface area (Å²) in [7, 11) is 0. The van der Waals surface area contributed by atoms with Crippen molar-refractivity contribution in [1.82, 2.24) is 5.32 Å². The minimum atomic E-state index is -0.199. The van der Waals surface area contributed by atoms with Gasteiger partial charge in [0, 0.05) is 6.04 Å². The molecule has 2 nitrogen and oxygen atoms in total.